The third-order valence-electron chi connectivity index (χ3n) is 12.0. The lowest BCUT2D eigenvalue weighted by molar-refractivity contribution is -0.133. The first-order valence-electron chi connectivity index (χ1n) is 21.6. The van der Waals surface area contributed by atoms with Crippen LogP contribution in [0.2, 0.25) is 0 Å². The number of hydrogen-bond acceptors (Lipinski definition) is 15. The van der Waals surface area contributed by atoms with Crippen LogP contribution in [0.15, 0.2) is 83.1 Å². The predicted octanol–water partition coefficient (Wildman–Crippen LogP) is 8.14. The topological polar surface area (TPSA) is 192 Å². The number of fused-ring (bicyclic) bond motifs is 1. The summed E-state index contributed by atoms with van der Waals surface area (Å²) in [4.78, 5) is 40.0. The van der Waals surface area contributed by atoms with Gasteiger partial charge in [0.15, 0.2) is 5.76 Å². The lowest BCUT2D eigenvalue weighted by atomic mass is 9.92. The largest absolute Gasteiger partial charge is 0.507 e. The summed E-state index contributed by atoms with van der Waals surface area (Å²) in [5.74, 6) is 2.25. The number of carbonyl (C=O) groups is 2. The Hall–Kier alpha value is -6.04. The van der Waals surface area contributed by atoms with Crippen molar-refractivity contribution in [3.63, 3.8) is 0 Å². The molecule has 3 aliphatic rings. The van der Waals surface area contributed by atoms with Gasteiger partial charge >= 0.3 is 6.01 Å². The molecule has 15 nitrogen and oxygen atoms in total. The standard InChI is InChI=1S/C34H37N7O5S.C13H16N2OS/c1-19(2)30(33(44)41-15-11-22(42)18-41)27-17-29(39-46-27)45-34-35-12-8-28(36-34)40-13-9-21(10-14-40)31-20(3)24-16-25(37-38-32(24)47-31)23-6-4-5-7-26(23)43;1-9(14-7-16)11-3-5-12(6-4-11)13-10(2)15-8-17-13/h4-8,12,16-17,19,21-22,30,42-43H,9-11,13-15,18H2,1-3H3;3-7,9,15H,8H2,1-2H3,(H,14,16)/t;9-/m.0/s1. The van der Waals surface area contributed by atoms with Gasteiger partial charge in [0.05, 0.1) is 23.7 Å². The number of piperidine rings is 1. The smallest absolute Gasteiger partial charge is 0.325 e. The molecule has 0 saturated carbocycles. The molecular formula is C47H53N9O6S2. The lowest BCUT2D eigenvalue weighted by Gasteiger charge is -2.32. The van der Waals surface area contributed by atoms with Gasteiger partial charge in [-0.3, -0.25) is 9.59 Å². The molecule has 334 valence electrons. The number of ether oxygens (including phenoxy) is 1. The average molecular weight is 904 g/mol. The number of nitrogens with one attached hydrogen (secondary N) is 2. The van der Waals surface area contributed by atoms with Crippen LogP contribution in [0.5, 0.6) is 17.6 Å². The number of carbonyl (C=O) groups excluding carboxylic acids is 2. The van der Waals surface area contributed by atoms with Gasteiger partial charge in [0.1, 0.15) is 22.3 Å². The SMILES string of the molecule is CC1=C(c2ccc([C@H](C)NC=O)cc2)SCN1.Cc1c(C2CCN(c3ccnc(Oc4cc(C(C(=O)N5CCC(O)C5)C(C)C)on4)n3)CC2)sc2nnc(-c3ccccc3O)cc12. The molecule has 2 saturated heterocycles. The summed E-state index contributed by atoms with van der Waals surface area (Å²) >= 11 is 3.53. The van der Waals surface area contributed by atoms with Gasteiger partial charge in [-0.1, -0.05) is 50.2 Å². The third-order valence-corrected chi connectivity index (χ3v) is 14.5. The zero-order chi connectivity index (χ0) is 44.9. The van der Waals surface area contributed by atoms with Crippen LogP contribution in [0.25, 0.3) is 26.4 Å². The van der Waals surface area contributed by atoms with Crippen molar-refractivity contribution in [2.24, 2.45) is 5.92 Å². The summed E-state index contributed by atoms with van der Waals surface area (Å²) in [6.45, 7) is 12.6. The molecule has 4 N–H and O–H groups in total. The molecule has 2 aromatic carbocycles. The molecule has 3 aliphatic heterocycles. The van der Waals surface area contributed by atoms with Crippen LogP contribution < -0.4 is 20.3 Å². The molecule has 4 aromatic heterocycles. The monoisotopic (exact) mass is 903 g/mol. The number of benzene rings is 2. The fraction of sp³-hybridized carbons (Fsp3) is 0.383. The number of rotatable bonds is 12. The number of likely N-dealkylation sites (tertiary alicyclic amines) is 1. The second-order valence-corrected chi connectivity index (χ2v) is 18.7. The number of phenols is 1. The van der Waals surface area contributed by atoms with Gasteiger partial charge in [-0.05, 0) is 98.0 Å². The van der Waals surface area contributed by atoms with Crippen molar-refractivity contribution in [1.29, 1.82) is 0 Å². The van der Waals surface area contributed by atoms with Crippen LogP contribution in [0.1, 0.15) is 92.2 Å². The molecule has 7 heterocycles. The number of nitrogens with zero attached hydrogens (tertiary/aromatic N) is 7. The molecule has 64 heavy (non-hydrogen) atoms. The van der Waals surface area contributed by atoms with E-state index in [0.29, 0.717) is 42.4 Å². The summed E-state index contributed by atoms with van der Waals surface area (Å²) in [7, 11) is 0. The van der Waals surface area contributed by atoms with Gasteiger partial charge in [0.25, 0.3) is 5.88 Å². The van der Waals surface area contributed by atoms with Crippen LogP contribution in [0, 0.1) is 12.8 Å². The summed E-state index contributed by atoms with van der Waals surface area (Å²) in [6, 6.07) is 21.3. The maximum Gasteiger partial charge on any atom is 0.325 e. The number of para-hydroxylation sites is 1. The molecule has 0 bridgehead atoms. The van der Waals surface area contributed by atoms with Crippen molar-refractivity contribution in [2.75, 3.05) is 37.0 Å². The van der Waals surface area contributed by atoms with E-state index < -0.39 is 12.0 Å². The van der Waals surface area contributed by atoms with E-state index in [4.69, 9.17) is 9.26 Å². The Morgan fingerprint density at radius 3 is 2.48 bits per heavy atom. The first kappa shape index (κ1) is 44.6. The number of aromatic hydroxyl groups is 1. The summed E-state index contributed by atoms with van der Waals surface area (Å²) in [5, 5.41) is 40.3. The number of thioether (sulfide) groups is 1. The number of amides is 2. The van der Waals surface area contributed by atoms with Gasteiger partial charge < -0.3 is 39.9 Å². The van der Waals surface area contributed by atoms with Gasteiger partial charge in [-0.2, -0.15) is 4.98 Å². The minimum absolute atomic E-state index is 0.0333. The fourth-order valence-corrected chi connectivity index (χ4v) is 10.7. The van der Waals surface area contributed by atoms with E-state index in [1.165, 1.54) is 26.6 Å². The first-order chi connectivity index (χ1) is 31.0. The Morgan fingerprint density at radius 2 is 1.80 bits per heavy atom. The highest BCUT2D eigenvalue weighted by atomic mass is 32.2. The molecule has 17 heteroatoms. The van der Waals surface area contributed by atoms with Crippen molar-refractivity contribution in [3.05, 3.63) is 106 Å². The van der Waals surface area contributed by atoms with Crippen molar-refractivity contribution >= 4 is 56.4 Å². The van der Waals surface area contributed by atoms with Gasteiger partial charge in [-0.25, -0.2) is 4.98 Å². The van der Waals surface area contributed by atoms with E-state index in [2.05, 4.69) is 79.0 Å². The van der Waals surface area contributed by atoms with Crippen LogP contribution in [-0.4, -0.2) is 90.9 Å². The molecular weight excluding hydrogens is 851 g/mol. The van der Waals surface area contributed by atoms with Crippen LogP contribution in [-0.2, 0) is 9.59 Å². The molecule has 0 aliphatic carbocycles. The predicted molar refractivity (Wildman–Crippen MR) is 249 cm³/mol. The number of hydrogen-bond donors (Lipinski definition) is 4. The van der Waals surface area contributed by atoms with E-state index in [-0.39, 0.29) is 35.5 Å². The first-order valence-corrected chi connectivity index (χ1v) is 23.4. The molecule has 6 aromatic rings. The van der Waals surface area contributed by atoms with E-state index in [1.54, 1.807) is 40.6 Å². The Kier molecular flexibility index (Phi) is 13.8. The average Bonchev–Trinajstić information content (AvgIpc) is 4.12. The van der Waals surface area contributed by atoms with Crippen molar-refractivity contribution in [3.8, 4) is 28.9 Å². The Morgan fingerprint density at radius 1 is 1.02 bits per heavy atom. The van der Waals surface area contributed by atoms with Crippen LogP contribution >= 0.6 is 23.1 Å². The number of aliphatic hydroxyl groups excluding tert-OH is 1. The molecule has 0 spiro atoms. The number of aromatic nitrogens is 5. The van der Waals surface area contributed by atoms with E-state index in [1.807, 2.05) is 56.8 Å². The number of β-amino-alcohol motifs (C(OH)–C–C–N with tert-alkyl or cyclic N) is 1. The number of anilines is 1. The van der Waals surface area contributed by atoms with Gasteiger partial charge in [0.2, 0.25) is 12.3 Å². The fourth-order valence-electron chi connectivity index (χ4n) is 8.44. The zero-order valence-corrected chi connectivity index (χ0v) is 38.2. The minimum atomic E-state index is -0.533. The van der Waals surface area contributed by atoms with Crippen molar-refractivity contribution < 1.29 is 29.1 Å². The van der Waals surface area contributed by atoms with Gasteiger partial charge in [-0.15, -0.1) is 33.3 Å². The number of allylic oxidation sites excluding steroid dienone is 1. The zero-order valence-electron chi connectivity index (χ0n) is 36.5. The lowest BCUT2D eigenvalue weighted by Crippen LogP contribution is -2.35. The Labute approximate surface area is 380 Å². The second kappa shape index (κ2) is 19.8. The number of aryl methyl sites for hydroxylation is 1. The van der Waals surface area contributed by atoms with Crippen molar-refractivity contribution in [2.45, 2.75) is 77.9 Å². The quantitative estimate of drug-likeness (QED) is 0.0861. The highest BCUT2D eigenvalue weighted by Crippen LogP contribution is 2.41. The van der Waals surface area contributed by atoms with Gasteiger partial charge in [0, 0.05) is 64.9 Å². The molecule has 0 radical (unpaired) electrons. The third kappa shape index (κ3) is 9.86. The number of phenolic OH excluding ortho intramolecular Hbond substituents is 1. The normalized spacial score (nSPS) is 17.6. The maximum atomic E-state index is 13.2. The Bertz CT molecular complexity index is 2620. The molecule has 2 unspecified atom stereocenters. The summed E-state index contributed by atoms with van der Waals surface area (Å²) in [6.07, 6.45) is 4.41. The molecule has 3 atom stereocenters. The highest BCUT2D eigenvalue weighted by Gasteiger charge is 2.35. The summed E-state index contributed by atoms with van der Waals surface area (Å²) < 4.78 is 11.5. The maximum absolute atomic E-state index is 13.2. The molecule has 2 fully saturated rings. The highest BCUT2D eigenvalue weighted by molar-refractivity contribution is 8.08. The molecule has 2 amide bonds. The number of thiophene rings is 1. The Balaban J connectivity index is 0.000000276. The molecule has 9 rings (SSSR count). The van der Waals surface area contributed by atoms with E-state index >= 15 is 0 Å². The van der Waals surface area contributed by atoms with Crippen molar-refractivity contribution in [1.82, 2.24) is 40.9 Å². The van der Waals surface area contributed by atoms with E-state index in [9.17, 15) is 19.8 Å². The summed E-state index contributed by atoms with van der Waals surface area (Å²) in [5.41, 5.74) is 6.15. The van der Waals surface area contributed by atoms with Crippen LogP contribution in [0.3, 0.4) is 0 Å². The number of aliphatic hydroxyl groups is 1. The minimum Gasteiger partial charge on any atom is -0.507 e. The van der Waals surface area contributed by atoms with Crippen LogP contribution in [0.4, 0.5) is 5.82 Å². The second-order valence-electron chi connectivity index (χ2n) is 16.7. The van der Waals surface area contributed by atoms with E-state index in [0.717, 1.165) is 59.8 Å².